The van der Waals surface area contributed by atoms with Crippen molar-refractivity contribution >= 4 is 11.5 Å². The van der Waals surface area contributed by atoms with Crippen LogP contribution in [0.3, 0.4) is 0 Å². The number of aromatic nitrogens is 2. The Morgan fingerprint density at radius 1 is 0.939 bits per heavy atom. The topological polar surface area (TPSA) is 124 Å². The molecule has 0 atom stereocenters. The number of nitrogens with zero attached hydrogens (tertiary/aromatic N) is 3. The van der Waals surface area contributed by atoms with E-state index in [-0.39, 0.29) is 28.5 Å². The molecule has 0 fully saturated rings. The molecule has 33 heavy (non-hydrogen) atoms. The highest BCUT2D eigenvalue weighted by Gasteiger charge is 2.27. The number of hydrogen-bond donors (Lipinski definition) is 0. The van der Waals surface area contributed by atoms with Gasteiger partial charge in [0.05, 0.1) is 39.1 Å². The molecular formula is C22H23N3O8. The molecule has 11 nitrogen and oxygen atoms in total. The number of hydrogen-bond acceptors (Lipinski definition) is 9. The fourth-order valence-electron chi connectivity index (χ4n) is 3.45. The van der Waals surface area contributed by atoms with Crippen LogP contribution in [0.1, 0.15) is 21.7 Å². The molecule has 174 valence electrons. The summed E-state index contributed by atoms with van der Waals surface area (Å²) in [5, 5.41) is 11.4. The van der Waals surface area contributed by atoms with Crippen LogP contribution in [0.15, 0.2) is 30.3 Å². The van der Waals surface area contributed by atoms with Gasteiger partial charge in [0.25, 0.3) is 0 Å². The quantitative estimate of drug-likeness (QED) is 0.271. The highest BCUT2D eigenvalue weighted by molar-refractivity contribution is 6.09. The lowest BCUT2D eigenvalue weighted by Gasteiger charge is -2.14. The molecule has 0 spiro atoms. The third-order valence-corrected chi connectivity index (χ3v) is 4.97. The molecule has 0 N–H and O–H groups in total. The van der Waals surface area contributed by atoms with Gasteiger partial charge in [-0.25, -0.2) is 4.98 Å². The highest BCUT2D eigenvalue weighted by atomic mass is 16.6. The molecule has 3 aromatic rings. The van der Waals surface area contributed by atoms with E-state index in [2.05, 4.69) is 4.98 Å². The lowest BCUT2D eigenvalue weighted by molar-refractivity contribution is -0.385. The predicted molar refractivity (Wildman–Crippen MR) is 118 cm³/mol. The first kappa shape index (κ1) is 23.4. The van der Waals surface area contributed by atoms with Crippen molar-refractivity contribution in [2.24, 2.45) is 0 Å². The summed E-state index contributed by atoms with van der Waals surface area (Å²) in [6, 6.07) is 7.40. The zero-order chi connectivity index (χ0) is 24.3. The maximum absolute atomic E-state index is 13.5. The van der Waals surface area contributed by atoms with E-state index in [4.69, 9.17) is 23.8 Å². The van der Waals surface area contributed by atoms with Crippen molar-refractivity contribution < 1.29 is 33.5 Å². The normalized spacial score (nSPS) is 10.5. The number of methoxy groups -OCH3 is 4. The fourth-order valence-corrected chi connectivity index (χ4v) is 3.45. The van der Waals surface area contributed by atoms with E-state index in [0.29, 0.717) is 28.5 Å². The fraction of sp³-hybridized carbons (Fsp3) is 0.273. The highest BCUT2D eigenvalue weighted by Crippen LogP contribution is 2.39. The van der Waals surface area contributed by atoms with Crippen molar-refractivity contribution in [3.8, 4) is 34.4 Å². The van der Waals surface area contributed by atoms with Crippen LogP contribution < -0.4 is 23.8 Å². The Morgan fingerprint density at radius 3 is 2.03 bits per heavy atom. The van der Waals surface area contributed by atoms with Gasteiger partial charge >= 0.3 is 5.69 Å². The monoisotopic (exact) mass is 457 g/mol. The molecule has 0 unspecified atom stereocenters. The number of aryl methyl sites for hydroxylation is 1. The number of nitro benzene ring substituents is 1. The minimum absolute atomic E-state index is 0.102. The second-order valence-electron chi connectivity index (χ2n) is 6.73. The molecule has 0 saturated carbocycles. The summed E-state index contributed by atoms with van der Waals surface area (Å²) in [5.74, 6) is 0.871. The Labute approximate surface area is 189 Å². The molecule has 1 heterocycles. The minimum Gasteiger partial charge on any atom is -0.493 e. The molecule has 0 bridgehead atoms. The molecule has 0 amide bonds. The minimum atomic E-state index is -0.558. The summed E-state index contributed by atoms with van der Waals surface area (Å²) in [5.41, 5.74) is 0.884. The number of rotatable bonds is 9. The van der Waals surface area contributed by atoms with Gasteiger partial charge in [-0.2, -0.15) is 4.73 Å². The van der Waals surface area contributed by atoms with E-state index >= 15 is 0 Å². The average molecular weight is 457 g/mol. The third kappa shape index (κ3) is 4.12. The van der Waals surface area contributed by atoms with Gasteiger partial charge < -0.3 is 23.8 Å². The second-order valence-corrected chi connectivity index (χ2v) is 6.73. The van der Waals surface area contributed by atoms with Crippen LogP contribution in [0.4, 0.5) is 5.69 Å². The maximum atomic E-state index is 13.5. The number of carbonyl (C=O) groups is 1. The van der Waals surface area contributed by atoms with Gasteiger partial charge in [0.2, 0.25) is 11.5 Å². The molecule has 0 aliphatic heterocycles. The van der Waals surface area contributed by atoms with Crippen LogP contribution in [0.25, 0.3) is 11.4 Å². The summed E-state index contributed by atoms with van der Waals surface area (Å²) in [6.07, 6.45) is 0. The zero-order valence-corrected chi connectivity index (χ0v) is 19.0. The molecule has 0 aliphatic rings. The average Bonchev–Trinajstić information content (AvgIpc) is 3.17. The Kier molecular flexibility index (Phi) is 6.71. The summed E-state index contributed by atoms with van der Waals surface area (Å²) < 4.78 is 22.3. The smallest absolute Gasteiger partial charge is 0.311 e. The molecule has 0 aliphatic carbocycles. The van der Waals surface area contributed by atoms with Crippen molar-refractivity contribution in [3.05, 3.63) is 57.4 Å². The van der Waals surface area contributed by atoms with Crippen LogP contribution in [-0.4, -0.2) is 56.0 Å². The lowest BCUT2D eigenvalue weighted by atomic mass is 10.1. The Bertz CT molecular complexity index is 1190. The van der Waals surface area contributed by atoms with Gasteiger partial charge in [-0.3, -0.25) is 14.9 Å². The van der Waals surface area contributed by atoms with Gasteiger partial charge in [-0.15, -0.1) is 0 Å². The van der Waals surface area contributed by atoms with Crippen molar-refractivity contribution in [2.45, 2.75) is 6.92 Å². The third-order valence-electron chi connectivity index (χ3n) is 4.97. The maximum Gasteiger partial charge on any atom is 0.311 e. The van der Waals surface area contributed by atoms with Gasteiger partial charge in [0, 0.05) is 17.2 Å². The largest absolute Gasteiger partial charge is 0.493 e. The van der Waals surface area contributed by atoms with Crippen molar-refractivity contribution in [3.63, 3.8) is 0 Å². The Balaban J connectivity index is 2.17. The van der Waals surface area contributed by atoms with Gasteiger partial charge in [-0.05, 0) is 31.2 Å². The first-order chi connectivity index (χ1) is 15.8. The van der Waals surface area contributed by atoms with E-state index in [1.807, 2.05) is 0 Å². The van der Waals surface area contributed by atoms with E-state index < -0.39 is 10.7 Å². The predicted octanol–water partition coefficient (Wildman–Crippen LogP) is 3.09. The van der Waals surface area contributed by atoms with E-state index in [1.54, 1.807) is 13.0 Å². The van der Waals surface area contributed by atoms with Crippen molar-refractivity contribution in [2.75, 3.05) is 35.5 Å². The van der Waals surface area contributed by atoms with E-state index in [9.17, 15) is 14.9 Å². The van der Waals surface area contributed by atoms with Gasteiger partial charge in [0.1, 0.15) is 7.11 Å². The summed E-state index contributed by atoms with van der Waals surface area (Å²) >= 11 is 0. The van der Waals surface area contributed by atoms with Gasteiger partial charge in [0.15, 0.2) is 28.8 Å². The molecule has 11 heteroatoms. The summed E-state index contributed by atoms with van der Waals surface area (Å²) in [7, 11) is 7.08. The molecule has 3 rings (SSSR count). The van der Waals surface area contributed by atoms with Crippen LogP contribution in [-0.2, 0) is 0 Å². The molecule has 0 saturated heterocycles. The van der Waals surface area contributed by atoms with E-state index in [1.165, 1.54) is 64.5 Å². The Morgan fingerprint density at radius 2 is 1.55 bits per heavy atom. The first-order valence-corrected chi connectivity index (χ1v) is 9.62. The number of ether oxygens (including phenoxy) is 4. The standard InChI is InChI=1S/C22H23N3O8/c1-12-19(20(26)14-10-17(30-3)21(32-5)18(11-14)31-4)24(33-6)22(23-12)13-7-8-16(29-2)15(9-13)25(27)28/h7-11H,1-6H3. The number of nitro groups is 1. The lowest BCUT2D eigenvalue weighted by Crippen LogP contribution is -2.17. The summed E-state index contributed by atoms with van der Waals surface area (Å²) in [4.78, 5) is 34.3. The zero-order valence-electron chi connectivity index (χ0n) is 19.0. The van der Waals surface area contributed by atoms with Gasteiger partial charge in [-0.1, -0.05) is 0 Å². The number of carbonyl (C=O) groups excluding carboxylic acids is 1. The molecular weight excluding hydrogens is 434 g/mol. The molecule has 1 aromatic heterocycles. The first-order valence-electron chi connectivity index (χ1n) is 9.62. The van der Waals surface area contributed by atoms with Crippen molar-refractivity contribution in [1.29, 1.82) is 0 Å². The number of imidazole rings is 1. The molecule has 0 radical (unpaired) electrons. The van der Waals surface area contributed by atoms with Crippen molar-refractivity contribution in [1.82, 2.24) is 9.71 Å². The summed E-state index contributed by atoms with van der Waals surface area (Å²) in [6.45, 7) is 1.64. The van der Waals surface area contributed by atoms with Crippen LogP contribution in [0.2, 0.25) is 0 Å². The Hall–Kier alpha value is -4.28. The second kappa shape index (κ2) is 9.47. The van der Waals surface area contributed by atoms with Crippen LogP contribution in [0, 0.1) is 17.0 Å². The molecule has 2 aromatic carbocycles. The number of ketones is 1. The van der Waals surface area contributed by atoms with Crippen LogP contribution >= 0.6 is 0 Å². The van der Waals surface area contributed by atoms with Crippen LogP contribution in [0.5, 0.6) is 23.0 Å². The SMILES string of the molecule is COc1ccc(-c2nc(C)c(C(=O)c3cc(OC)c(OC)c(OC)c3)n2OC)cc1[N+](=O)[O-]. The van der Waals surface area contributed by atoms with E-state index in [0.717, 1.165) is 0 Å². The number of benzene rings is 2.